The molecule has 0 aromatic carbocycles. The van der Waals surface area contributed by atoms with Crippen molar-refractivity contribution in [1.82, 2.24) is 19.6 Å². The Bertz CT molecular complexity index is 435. The molecule has 5 nitrogen and oxygen atoms in total. The van der Waals surface area contributed by atoms with Gasteiger partial charge in [0.15, 0.2) is 0 Å². The molecule has 0 bridgehead atoms. The van der Waals surface area contributed by atoms with Crippen molar-refractivity contribution in [3.63, 3.8) is 0 Å². The Balaban J connectivity index is 2.05. The Morgan fingerprint density at radius 1 is 1.40 bits per heavy atom. The highest BCUT2D eigenvalue weighted by atomic mass is 15.3. The second kappa shape index (κ2) is 3.76. The maximum absolute atomic E-state index is 4.29. The van der Waals surface area contributed by atoms with Crippen LogP contribution in [0.3, 0.4) is 0 Å². The number of nitrogens with zero attached hydrogens (tertiary/aromatic N) is 4. The Kier molecular flexibility index (Phi) is 2.45. The molecule has 1 N–H and O–H groups in total. The molecule has 2 aromatic rings. The monoisotopic (exact) mass is 205 g/mol. The standard InChI is InChI=1S/C10H15N5/c1-8-6-12-15(3)10(8)11-7-9-4-5-14(2)13-9/h4-6,11H,7H2,1-3H3. The molecule has 2 rings (SSSR count). The van der Waals surface area contributed by atoms with Gasteiger partial charge in [0, 0.05) is 25.9 Å². The van der Waals surface area contributed by atoms with Crippen LogP contribution in [0.1, 0.15) is 11.3 Å². The second-order valence-electron chi connectivity index (χ2n) is 3.63. The van der Waals surface area contributed by atoms with Crippen LogP contribution in [0.4, 0.5) is 5.82 Å². The molecule has 0 unspecified atom stereocenters. The molecule has 5 heteroatoms. The molecule has 0 atom stereocenters. The fraction of sp³-hybridized carbons (Fsp3) is 0.400. The highest BCUT2D eigenvalue weighted by Gasteiger charge is 2.04. The number of aryl methyl sites for hydroxylation is 3. The molecule has 0 radical (unpaired) electrons. The molecule has 0 aliphatic carbocycles. The van der Waals surface area contributed by atoms with E-state index in [0.29, 0.717) is 0 Å². The van der Waals surface area contributed by atoms with E-state index >= 15 is 0 Å². The van der Waals surface area contributed by atoms with Gasteiger partial charge in [-0.2, -0.15) is 10.2 Å². The molecular formula is C10H15N5. The van der Waals surface area contributed by atoms with Crippen molar-refractivity contribution >= 4 is 5.82 Å². The second-order valence-corrected chi connectivity index (χ2v) is 3.63. The van der Waals surface area contributed by atoms with Gasteiger partial charge in [0.1, 0.15) is 5.82 Å². The van der Waals surface area contributed by atoms with Gasteiger partial charge in [-0.05, 0) is 13.0 Å². The lowest BCUT2D eigenvalue weighted by Gasteiger charge is -2.05. The molecule has 2 aromatic heterocycles. The van der Waals surface area contributed by atoms with E-state index in [2.05, 4.69) is 15.5 Å². The van der Waals surface area contributed by atoms with E-state index in [4.69, 9.17) is 0 Å². The normalized spacial score (nSPS) is 10.6. The topological polar surface area (TPSA) is 47.7 Å². The summed E-state index contributed by atoms with van der Waals surface area (Å²) in [7, 11) is 3.84. The first kappa shape index (κ1) is 9.76. The molecule has 15 heavy (non-hydrogen) atoms. The van der Waals surface area contributed by atoms with E-state index in [1.165, 1.54) is 0 Å². The molecule has 0 amide bonds. The van der Waals surface area contributed by atoms with Gasteiger partial charge in [0.05, 0.1) is 18.4 Å². The van der Waals surface area contributed by atoms with Gasteiger partial charge in [-0.1, -0.05) is 0 Å². The zero-order valence-corrected chi connectivity index (χ0v) is 9.23. The largest absolute Gasteiger partial charge is 0.364 e. The van der Waals surface area contributed by atoms with Gasteiger partial charge >= 0.3 is 0 Å². The summed E-state index contributed by atoms with van der Waals surface area (Å²) in [6.07, 6.45) is 3.79. The summed E-state index contributed by atoms with van der Waals surface area (Å²) in [6.45, 7) is 2.76. The minimum Gasteiger partial charge on any atom is -0.364 e. The fourth-order valence-electron chi connectivity index (χ4n) is 1.53. The van der Waals surface area contributed by atoms with Crippen molar-refractivity contribution in [3.8, 4) is 0 Å². The number of nitrogens with one attached hydrogen (secondary N) is 1. The molecule has 0 aliphatic rings. The fourth-order valence-corrected chi connectivity index (χ4v) is 1.53. The third-order valence-corrected chi connectivity index (χ3v) is 2.33. The molecule has 0 aliphatic heterocycles. The molecular weight excluding hydrogens is 190 g/mol. The molecule has 0 spiro atoms. The summed E-state index contributed by atoms with van der Waals surface area (Å²) in [4.78, 5) is 0. The van der Waals surface area contributed by atoms with Crippen molar-refractivity contribution < 1.29 is 0 Å². The predicted octanol–water partition coefficient (Wildman–Crippen LogP) is 1.07. The van der Waals surface area contributed by atoms with Crippen LogP contribution < -0.4 is 5.32 Å². The predicted molar refractivity (Wildman–Crippen MR) is 58.5 cm³/mol. The summed E-state index contributed by atoms with van der Waals surface area (Å²) in [5, 5.41) is 11.8. The maximum Gasteiger partial charge on any atom is 0.127 e. The van der Waals surface area contributed by atoms with Crippen LogP contribution >= 0.6 is 0 Å². The van der Waals surface area contributed by atoms with Gasteiger partial charge in [0.2, 0.25) is 0 Å². The molecule has 80 valence electrons. The van der Waals surface area contributed by atoms with E-state index in [9.17, 15) is 0 Å². The van der Waals surface area contributed by atoms with E-state index in [0.717, 1.165) is 23.6 Å². The average molecular weight is 205 g/mol. The summed E-state index contributed by atoms with van der Waals surface area (Å²) in [5.74, 6) is 1.04. The van der Waals surface area contributed by atoms with Gasteiger partial charge in [-0.3, -0.25) is 9.36 Å². The number of hydrogen-bond acceptors (Lipinski definition) is 3. The van der Waals surface area contributed by atoms with Crippen LogP contribution in [0.5, 0.6) is 0 Å². The van der Waals surface area contributed by atoms with Crippen LogP contribution in [-0.4, -0.2) is 19.6 Å². The van der Waals surface area contributed by atoms with Crippen LogP contribution in [0.15, 0.2) is 18.5 Å². The molecule has 0 saturated heterocycles. The van der Waals surface area contributed by atoms with Crippen molar-refractivity contribution in [2.24, 2.45) is 14.1 Å². The lowest BCUT2D eigenvalue weighted by molar-refractivity contribution is 0.739. The third-order valence-electron chi connectivity index (χ3n) is 2.33. The quantitative estimate of drug-likeness (QED) is 0.815. The Labute approximate surface area is 88.7 Å². The zero-order chi connectivity index (χ0) is 10.8. The van der Waals surface area contributed by atoms with E-state index in [1.807, 2.05) is 44.2 Å². The Hall–Kier alpha value is -1.78. The summed E-state index contributed by atoms with van der Waals surface area (Å²) in [5.41, 5.74) is 2.17. The third kappa shape index (κ3) is 2.01. The lowest BCUT2D eigenvalue weighted by atomic mass is 10.3. The van der Waals surface area contributed by atoms with Crippen LogP contribution in [-0.2, 0) is 20.6 Å². The zero-order valence-electron chi connectivity index (χ0n) is 9.23. The Morgan fingerprint density at radius 2 is 2.20 bits per heavy atom. The number of rotatable bonds is 3. The number of hydrogen-bond donors (Lipinski definition) is 1. The molecule has 0 saturated carbocycles. The van der Waals surface area contributed by atoms with Crippen molar-refractivity contribution in [3.05, 3.63) is 29.7 Å². The number of aromatic nitrogens is 4. The van der Waals surface area contributed by atoms with Gasteiger partial charge in [-0.15, -0.1) is 0 Å². The summed E-state index contributed by atoms with van der Waals surface area (Å²) >= 11 is 0. The highest BCUT2D eigenvalue weighted by Crippen LogP contribution is 2.12. The van der Waals surface area contributed by atoms with Gasteiger partial charge < -0.3 is 5.32 Å². The first-order chi connectivity index (χ1) is 7.16. The number of anilines is 1. The Morgan fingerprint density at radius 3 is 2.73 bits per heavy atom. The highest BCUT2D eigenvalue weighted by molar-refractivity contribution is 5.42. The molecule has 0 fully saturated rings. The minimum absolute atomic E-state index is 0.723. The maximum atomic E-state index is 4.29. The van der Waals surface area contributed by atoms with Crippen molar-refractivity contribution in [2.45, 2.75) is 13.5 Å². The first-order valence-corrected chi connectivity index (χ1v) is 4.88. The molecule has 2 heterocycles. The SMILES string of the molecule is Cc1cnn(C)c1NCc1ccn(C)n1. The first-order valence-electron chi connectivity index (χ1n) is 4.88. The van der Waals surface area contributed by atoms with Gasteiger partial charge in [-0.25, -0.2) is 0 Å². The lowest BCUT2D eigenvalue weighted by Crippen LogP contribution is -2.06. The van der Waals surface area contributed by atoms with Crippen molar-refractivity contribution in [2.75, 3.05) is 5.32 Å². The van der Waals surface area contributed by atoms with E-state index in [1.54, 1.807) is 4.68 Å². The van der Waals surface area contributed by atoms with E-state index in [-0.39, 0.29) is 0 Å². The van der Waals surface area contributed by atoms with E-state index < -0.39 is 0 Å². The van der Waals surface area contributed by atoms with Crippen molar-refractivity contribution in [1.29, 1.82) is 0 Å². The average Bonchev–Trinajstić information content (AvgIpc) is 2.73. The van der Waals surface area contributed by atoms with Crippen LogP contribution in [0.2, 0.25) is 0 Å². The minimum atomic E-state index is 0.723. The van der Waals surface area contributed by atoms with Gasteiger partial charge in [0.25, 0.3) is 0 Å². The summed E-state index contributed by atoms with van der Waals surface area (Å²) in [6, 6.07) is 2.00. The smallest absolute Gasteiger partial charge is 0.127 e. The van der Waals surface area contributed by atoms with Crippen LogP contribution in [0.25, 0.3) is 0 Å². The van der Waals surface area contributed by atoms with Crippen LogP contribution in [0, 0.1) is 6.92 Å². The summed E-state index contributed by atoms with van der Waals surface area (Å²) < 4.78 is 3.63.